The van der Waals surface area contributed by atoms with Gasteiger partial charge in [0, 0.05) is 12.4 Å². The van der Waals surface area contributed by atoms with Crippen LogP contribution in [0, 0.1) is 0 Å². The highest BCUT2D eigenvalue weighted by Crippen LogP contribution is 2.09. The number of pyridine rings is 1. The van der Waals surface area contributed by atoms with E-state index in [4.69, 9.17) is 0 Å². The molecule has 2 N–H and O–H groups in total. The van der Waals surface area contributed by atoms with E-state index in [0.717, 1.165) is 5.52 Å². The van der Waals surface area contributed by atoms with Crippen LogP contribution in [0.25, 0.3) is 5.52 Å². The Morgan fingerprint density at radius 3 is 3.12 bits per heavy atom. The van der Waals surface area contributed by atoms with E-state index < -0.39 is 0 Å². The summed E-state index contributed by atoms with van der Waals surface area (Å²) in [6.45, 7) is 0. The van der Waals surface area contributed by atoms with Crippen LogP contribution in [0.4, 0.5) is 5.69 Å². The third-order valence-electron chi connectivity index (χ3n) is 2.40. The van der Waals surface area contributed by atoms with Gasteiger partial charge in [0.1, 0.15) is 0 Å². The Kier molecular flexibility index (Phi) is 2.11. The molecule has 6 nitrogen and oxygen atoms in total. The molecule has 84 valence electrons. The number of imidazole rings is 1. The highest BCUT2D eigenvalue weighted by Gasteiger charge is 2.12. The summed E-state index contributed by atoms with van der Waals surface area (Å²) in [6, 6.07) is 5.64. The molecule has 0 aliphatic heterocycles. The van der Waals surface area contributed by atoms with Crippen molar-refractivity contribution in [2.75, 3.05) is 5.32 Å². The molecule has 0 aliphatic carbocycles. The number of nitrogens with zero attached hydrogens (tertiary/aromatic N) is 3. The molecule has 3 heterocycles. The first kappa shape index (κ1) is 9.59. The quantitative estimate of drug-likeness (QED) is 0.693. The van der Waals surface area contributed by atoms with Crippen LogP contribution >= 0.6 is 0 Å². The van der Waals surface area contributed by atoms with E-state index in [2.05, 4.69) is 20.5 Å². The largest absolute Gasteiger partial charge is 0.317 e. The number of nitrogens with one attached hydrogen (secondary N) is 2. The maximum atomic E-state index is 12.0. The molecule has 3 rings (SSSR count). The molecule has 0 saturated heterocycles. The second-order valence-corrected chi connectivity index (χ2v) is 3.52. The number of hydrogen-bond donors (Lipinski definition) is 2. The minimum absolute atomic E-state index is 0.266. The Hall–Kier alpha value is -2.63. The van der Waals surface area contributed by atoms with Gasteiger partial charge < -0.3 is 5.32 Å². The first-order valence-electron chi connectivity index (χ1n) is 5.07. The maximum Gasteiger partial charge on any atom is 0.292 e. The van der Waals surface area contributed by atoms with Crippen molar-refractivity contribution < 1.29 is 4.79 Å². The fourth-order valence-corrected chi connectivity index (χ4v) is 1.62. The molecule has 0 saturated carbocycles. The molecule has 0 unspecified atom stereocenters. The predicted octanol–water partition coefficient (Wildman–Crippen LogP) is 1.31. The van der Waals surface area contributed by atoms with E-state index >= 15 is 0 Å². The number of H-pyrrole nitrogens is 1. The highest BCUT2D eigenvalue weighted by atomic mass is 16.2. The van der Waals surface area contributed by atoms with Gasteiger partial charge in [-0.05, 0) is 12.1 Å². The fraction of sp³-hybridized carbons (Fsp3) is 0. The molecule has 17 heavy (non-hydrogen) atoms. The Morgan fingerprint density at radius 1 is 1.35 bits per heavy atom. The number of hydrogen-bond acceptors (Lipinski definition) is 3. The molecule has 0 bridgehead atoms. The average molecular weight is 227 g/mol. The van der Waals surface area contributed by atoms with Gasteiger partial charge in [-0.1, -0.05) is 6.07 Å². The van der Waals surface area contributed by atoms with Crippen molar-refractivity contribution in [3.63, 3.8) is 0 Å². The second-order valence-electron chi connectivity index (χ2n) is 3.52. The second kappa shape index (κ2) is 3.75. The van der Waals surface area contributed by atoms with Gasteiger partial charge in [0.05, 0.1) is 23.6 Å². The van der Waals surface area contributed by atoms with Gasteiger partial charge in [0.2, 0.25) is 5.82 Å². The Morgan fingerprint density at radius 2 is 2.29 bits per heavy atom. The first-order chi connectivity index (χ1) is 8.34. The van der Waals surface area contributed by atoms with E-state index in [1.54, 1.807) is 23.0 Å². The van der Waals surface area contributed by atoms with Crippen molar-refractivity contribution in [3.05, 3.63) is 48.8 Å². The van der Waals surface area contributed by atoms with E-state index in [0.29, 0.717) is 11.5 Å². The lowest BCUT2D eigenvalue weighted by Gasteiger charge is -2.01. The topological polar surface area (TPSA) is 75.1 Å². The van der Waals surface area contributed by atoms with Gasteiger partial charge in [-0.3, -0.25) is 14.3 Å². The molecular weight excluding hydrogens is 218 g/mol. The number of amides is 1. The number of aromatic nitrogens is 4. The molecule has 0 spiro atoms. The molecule has 0 radical (unpaired) electrons. The lowest BCUT2D eigenvalue weighted by Crippen LogP contribution is -2.15. The maximum absolute atomic E-state index is 12.0. The third-order valence-corrected chi connectivity index (χ3v) is 2.40. The molecule has 0 aromatic carbocycles. The van der Waals surface area contributed by atoms with Crippen molar-refractivity contribution in [1.29, 1.82) is 0 Å². The monoisotopic (exact) mass is 227 g/mol. The van der Waals surface area contributed by atoms with Crippen molar-refractivity contribution in [2.24, 2.45) is 0 Å². The summed E-state index contributed by atoms with van der Waals surface area (Å²) >= 11 is 0. The van der Waals surface area contributed by atoms with Crippen LogP contribution in [-0.2, 0) is 0 Å². The molecule has 0 aliphatic rings. The number of rotatable bonds is 2. The Balaban J connectivity index is 1.96. The van der Waals surface area contributed by atoms with E-state index in [9.17, 15) is 4.79 Å². The Bertz CT molecular complexity index is 655. The predicted molar refractivity (Wildman–Crippen MR) is 61.7 cm³/mol. The van der Waals surface area contributed by atoms with Crippen molar-refractivity contribution in [1.82, 2.24) is 19.6 Å². The molecule has 3 aromatic rings. The zero-order chi connectivity index (χ0) is 11.7. The van der Waals surface area contributed by atoms with Crippen LogP contribution < -0.4 is 5.32 Å². The molecule has 3 aromatic heterocycles. The third kappa shape index (κ3) is 1.65. The summed E-state index contributed by atoms with van der Waals surface area (Å²) < 4.78 is 1.73. The minimum atomic E-state index is -0.266. The van der Waals surface area contributed by atoms with E-state index in [-0.39, 0.29) is 5.91 Å². The SMILES string of the molecule is O=C(Nc1cn[nH]c1)c1ncc2ccccn12. The normalized spacial score (nSPS) is 10.6. The molecule has 0 atom stereocenters. The van der Waals surface area contributed by atoms with Gasteiger partial charge >= 0.3 is 0 Å². The number of anilines is 1. The summed E-state index contributed by atoms with van der Waals surface area (Å²) in [7, 11) is 0. The zero-order valence-corrected chi connectivity index (χ0v) is 8.79. The molecular formula is C11H9N5O. The van der Waals surface area contributed by atoms with Crippen LogP contribution in [-0.4, -0.2) is 25.5 Å². The van der Waals surface area contributed by atoms with Gasteiger partial charge in [-0.25, -0.2) is 4.98 Å². The lowest BCUT2D eigenvalue weighted by molar-refractivity contribution is 0.101. The molecule has 0 fully saturated rings. The van der Waals surface area contributed by atoms with Gasteiger partial charge in [-0.2, -0.15) is 5.10 Å². The number of fused-ring (bicyclic) bond motifs is 1. The van der Waals surface area contributed by atoms with Crippen LogP contribution in [0.15, 0.2) is 43.0 Å². The smallest absolute Gasteiger partial charge is 0.292 e. The molecule has 6 heteroatoms. The summed E-state index contributed by atoms with van der Waals surface area (Å²) in [5.41, 5.74) is 1.49. The van der Waals surface area contributed by atoms with Gasteiger partial charge in [0.25, 0.3) is 5.91 Å². The van der Waals surface area contributed by atoms with Crippen LogP contribution in [0.1, 0.15) is 10.6 Å². The van der Waals surface area contributed by atoms with Crippen molar-refractivity contribution in [3.8, 4) is 0 Å². The lowest BCUT2D eigenvalue weighted by atomic mass is 10.4. The number of carbonyl (C=O) groups excluding carboxylic acids is 1. The van der Waals surface area contributed by atoms with Gasteiger partial charge in [0.15, 0.2) is 0 Å². The summed E-state index contributed by atoms with van der Waals surface area (Å²) in [5, 5.41) is 9.08. The summed E-state index contributed by atoms with van der Waals surface area (Å²) in [4.78, 5) is 16.0. The van der Waals surface area contributed by atoms with E-state index in [1.165, 1.54) is 6.20 Å². The summed E-state index contributed by atoms with van der Waals surface area (Å²) in [6.07, 6.45) is 6.60. The minimum Gasteiger partial charge on any atom is -0.317 e. The zero-order valence-electron chi connectivity index (χ0n) is 8.79. The van der Waals surface area contributed by atoms with E-state index in [1.807, 2.05) is 18.2 Å². The fourth-order valence-electron chi connectivity index (χ4n) is 1.62. The summed E-state index contributed by atoms with van der Waals surface area (Å²) in [5.74, 6) is 0.0828. The number of carbonyl (C=O) groups is 1. The first-order valence-corrected chi connectivity index (χ1v) is 5.07. The standard InChI is InChI=1S/C11H9N5O/c17-11(15-8-5-13-14-6-8)10-12-7-9-3-1-2-4-16(9)10/h1-7H,(H,13,14)(H,15,17). The van der Waals surface area contributed by atoms with Crippen LogP contribution in [0.3, 0.4) is 0 Å². The van der Waals surface area contributed by atoms with Gasteiger partial charge in [-0.15, -0.1) is 0 Å². The van der Waals surface area contributed by atoms with Crippen LogP contribution in [0.2, 0.25) is 0 Å². The van der Waals surface area contributed by atoms with Crippen LogP contribution in [0.5, 0.6) is 0 Å². The van der Waals surface area contributed by atoms with Crippen molar-refractivity contribution in [2.45, 2.75) is 0 Å². The Labute approximate surface area is 96.3 Å². The number of aromatic amines is 1. The molecule has 1 amide bonds. The van der Waals surface area contributed by atoms with Crippen molar-refractivity contribution >= 4 is 17.1 Å². The average Bonchev–Trinajstić information content (AvgIpc) is 2.96. The highest BCUT2D eigenvalue weighted by molar-refractivity contribution is 6.02.